The minimum atomic E-state index is -3.90. The van der Waals surface area contributed by atoms with Gasteiger partial charge in [-0.2, -0.15) is 0 Å². The Morgan fingerprint density at radius 1 is 0.923 bits per heavy atom. The van der Waals surface area contributed by atoms with Crippen LogP contribution >= 0.6 is 0 Å². The molecule has 0 aromatic heterocycles. The Hall–Kier alpha value is -3.72. The van der Waals surface area contributed by atoms with Gasteiger partial charge in [-0.3, -0.25) is 13.9 Å². The van der Waals surface area contributed by atoms with Gasteiger partial charge in [0.05, 0.1) is 11.9 Å². The lowest BCUT2D eigenvalue weighted by Crippen LogP contribution is -2.54. The summed E-state index contributed by atoms with van der Waals surface area (Å²) in [7, 11) is -3.90. The normalized spacial score (nSPS) is 12.8. The van der Waals surface area contributed by atoms with E-state index in [0.29, 0.717) is 6.42 Å². The molecule has 0 radical (unpaired) electrons. The van der Waals surface area contributed by atoms with Gasteiger partial charge in [0.1, 0.15) is 18.4 Å². The highest BCUT2D eigenvalue weighted by Crippen LogP contribution is 2.21. The van der Waals surface area contributed by atoms with Gasteiger partial charge in [-0.25, -0.2) is 12.8 Å². The van der Waals surface area contributed by atoms with Crippen molar-refractivity contribution in [3.63, 3.8) is 0 Å². The van der Waals surface area contributed by atoms with Crippen molar-refractivity contribution in [2.24, 2.45) is 0 Å². The van der Waals surface area contributed by atoms with Crippen LogP contribution in [0.1, 0.15) is 37.0 Å². The van der Waals surface area contributed by atoms with E-state index in [1.54, 1.807) is 0 Å². The van der Waals surface area contributed by atoms with Gasteiger partial charge in [-0.15, -0.1) is 0 Å². The van der Waals surface area contributed by atoms with E-state index in [4.69, 9.17) is 0 Å². The van der Waals surface area contributed by atoms with Crippen LogP contribution in [0.5, 0.6) is 0 Å². The molecule has 3 aromatic carbocycles. The fourth-order valence-electron chi connectivity index (χ4n) is 4.11. The smallest absolute Gasteiger partial charge is 0.244 e. The average Bonchev–Trinajstić information content (AvgIpc) is 2.90. The first-order valence-corrected chi connectivity index (χ1v) is 14.7. The molecular formula is C30H36FN3O4S. The summed E-state index contributed by atoms with van der Waals surface area (Å²) in [5, 5.41) is 3.00. The molecule has 2 atom stereocenters. The molecule has 0 unspecified atom stereocenters. The zero-order chi connectivity index (χ0) is 28.6. The van der Waals surface area contributed by atoms with E-state index in [1.165, 1.54) is 17.0 Å². The number of hydrogen-bond donors (Lipinski definition) is 1. The van der Waals surface area contributed by atoms with Crippen LogP contribution < -0.4 is 9.62 Å². The zero-order valence-electron chi connectivity index (χ0n) is 22.8. The molecule has 0 saturated heterocycles. The van der Waals surface area contributed by atoms with Gasteiger partial charge in [0, 0.05) is 19.0 Å². The lowest BCUT2D eigenvalue weighted by Gasteiger charge is -2.34. The Bertz CT molecular complexity index is 1350. The third kappa shape index (κ3) is 8.64. The maximum atomic E-state index is 14.0. The quantitative estimate of drug-likeness (QED) is 0.359. The molecule has 39 heavy (non-hydrogen) atoms. The van der Waals surface area contributed by atoms with Crippen LogP contribution in [0, 0.1) is 12.7 Å². The lowest BCUT2D eigenvalue weighted by molar-refractivity contribution is -0.140. The summed E-state index contributed by atoms with van der Waals surface area (Å²) in [4.78, 5) is 29.0. The van der Waals surface area contributed by atoms with E-state index in [0.717, 1.165) is 39.4 Å². The van der Waals surface area contributed by atoms with Crippen LogP contribution in [0.2, 0.25) is 0 Å². The summed E-state index contributed by atoms with van der Waals surface area (Å²) < 4.78 is 40.0. The van der Waals surface area contributed by atoms with E-state index < -0.39 is 34.3 Å². The summed E-state index contributed by atoms with van der Waals surface area (Å²) in [5.41, 5.74) is 2.87. The second-order valence-corrected chi connectivity index (χ2v) is 11.7. The van der Waals surface area contributed by atoms with Crippen LogP contribution in [0.4, 0.5) is 10.1 Å². The van der Waals surface area contributed by atoms with Crippen molar-refractivity contribution in [1.82, 2.24) is 10.2 Å². The van der Waals surface area contributed by atoms with E-state index in [-0.39, 0.29) is 30.6 Å². The highest BCUT2D eigenvalue weighted by atomic mass is 32.2. The molecule has 0 spiro atoms. The molecular weight excluding hydrogens is 517 g/mol. The first-order valence-electron chi connectivity index (χ1n) is 12.9. The largest absolute Gasteiger partial charge is 0.352 e. The summed E-state index contributed by atoms with van der Waals surface area (Å²) >= 11 is 0. The van der Waals surface area contributed by atoms with Gasteiger partial charge in [0.2, 0.25) is 21.8 Å². The Balaban J connectivity index is 2.04. The van der Waals surface area contributed by atoms with Crippen molar-refractivity contribution < 1.29 is 22.4 Å². The molecule has 0 aliphatic rings. The van der Waals surface area contributed by atoms with E-state index in [1.807, 2.05) is 75.4 Å². The number of hydrogen-bond acceptors (Lipinski definition) is 4. The molecule has 3 aromatic rings. The van der Waals surface area contributed by atoms with Crippen LogP contribution in [0.15, 0.2) is 78.9 Å². The lowest BCUT2D eigenvalue weighted by atomic mass is 10.0. The molecule has 0 heterocycles. The van der Waals surface area contributed by atoms with Gasteiger partial charge in [-0.05, 0) is 55.7 Å². The number of halogens is 1. The summed E-state index contributed by atoms with van der Waals surface area (Å²) in [5.74, 6) is -1.39. The van der Waals surface area contributed by atoms with E-state index in [9.17, 15) is 22.4 Å². The van der Waals surface area contributed by atoms with E-state index >= 15 is 0 Å². The molecule has 9 heteroatoms. The molecule has 1 N–H and O–H groups in total. The van der Waals surface area contributed by atoms with Crippen LogP contribution in [-0.2, 0) is 32.6 Å². The SMILES string of the molecule is CC[C@H](C)NC(=O)[C@H](Cc1ccccc1)N(Cc1ccc(C)cc1)C(=O)CN(c1ccc(F)cc1)S(C)(=O)=O. The molecule has 0 saturated carbocycles. The molecule has 2 amide bonds. The first kappa shape index (κ1) is 29.8. The van der Waals surface area contributed by atoms with Crippen LogP contribution in [0.25, 0.3) is 0 Å². The van der Waals surface area contributed by atoms with Gasteiger partial charge in [0.25, 0.3) is 0 Å². The maximum absolute atomic E-state index is 14.0. The van der Waals surface area contributed by atoms with Gasteiger partial charge in [0.15, 0.2) is 0 Å². The summed E-state index contributed by atoms with van der Waals surface area (Å²) in [6.07, 6.45) is 1.95. The monoisotopic (exact) mass is 553 g/mol. The average molecular weight is 554 g/mol. The fourth-order valence-corrected chi connectivity index (χ4v) is 4.96. The molecule has 7 nitrogen and oxygen atoms in total. The number of nitrogens with one attached hydrogen (secondary N) is 1. The van der Waals surface area contributed by atoms with Crippen molar-refractivity contribution in [2.45, 2.75) is 52.2 Å². The van der Waals surface area contributed by atoms with Crippen LogP contribution in [0.3, 0.4) is 0 Å². The van der Waals surface area contributed by atoms with Gasteiger partial charge < -0.3 is 10.2 Å². The second kappa shape index (κ2) is 13.4. The number of carbonyl (C=O) groups excluding carboxylic acids is 2. The third-order valence-electron chi connectivity index (χ3n) is 6.54. The predicted molar refractivity (Wildman–Crippen MR) is 152 cm³/mol. The minimum absolute atomic E-state index is 0.103. The number of rotatable bonds is 12. The highest BCUT2D eigenvalue weighted by molar-refractivity contribution is 7.92. The number of carbonyl (C=O) groups is 2. The Labute approximate surface area is 230 Å². The van der Waals surface area contributed by atoms with Crippen molar-refractivity contribution in [1.29, 1.82) is 0 Å². The zero-order valence-corrected chi connectivity index (χ0v) is 23.6. The molecule has 208 valence electrons. The Kier molecular flexibility index (Phi) is 10.2. The topological polar surface area (TPSA) is 86.8 Å². The summed E-state index contributed by atoms with van der Waals surface area (Å²) in [6.45, 7) is 5.36. The Morgan fingerprint density at radius 3 is 2.10 bits per heavy atom. The number of sulfonamides is 1. The number of anilines is 1. The van der Waals surface area contributed by atoms with Gasteiger partial charge >= 0.3 is 0 Å². The van der Waals surface area contributed by atoms with Gasteiger partial charge in [-0.1, -0.05) is 67.1 Å². The predicted octanol–water partition coefficient (Wildman–Crippen LogP) is 4.45. The van der Waals surface area contributed by atoms with Crippen molar-refractivity contribution >= 4 is 27.5 Å². The molecule has 3 rings (SSSR count). The number of aryl methyl sites for hydroxylation is 1. The molecule has 0 aliphatic carbocycles. The van der Waals surface area contributed by atoms with E-state index in [2.05, 4.69) is 5.32 Å². The molecule has 0 bridgehead atoms. The molecule has 0 fully saturated rings. The summed E-state index contributed by atoms with van der Waals surface area (Å²) in [6, 6.07) is 20.9. The van der Waals surface area contributed by atoms with Crippen LogP contribution in [-0.4, -0.2) is 50.0 Å². The maximum Gasteiger partial charge on any atom is 0.244 e. The Morgan fingerprint density at radius 2 is 1.54 bits per heavy atom. The second-order valence-electron chi connectivity index (χ2n) is 9.78. The van der Waals surface area contributed by atoms with Crippen molar-refractivity contribution in [3.05, 3.63) is 101 Å². The van der Waals surface area contributed by atoms with Crippen molar-refractivity contribution in [3.8, 4) is 0 Å². The number of amides is 2. The number of benzene rings is 3. The van der Waals surface area contributed by atoms with Crippen molar-refractivity contribution in [2.75, 3.05) is 17.1 Å². The first-order chi connectivity index (χ1) is 18.5. The third-order valence-corrected chi connectivity index (χ3v) is 7.68. The number of nitrogens with zero attached hydrogens (tertiary/aromatic N) is 2. The molecule has 0 aliphatic heterocycles. The fraction of sp³-hybridized carbons (Fsp3) is 0.333. The highest BCUT2D eigenvalue weighted by Gasteiger charge is 2.33. The minimum Gasteiger partial charge on any atom is -0.352 e. The standard InChI is InChI=1S/C30H36FN3O4S/c1-5-23(3)32-30(36)28(19-24-9-7-6-8-10-24)33(20-25-13-11-22(2)12-14-25)29(35)21-34(39(4,37)38)27-17-15-26(31)16-18-27/h6-18,23,28H,5,19-21H2,1-4H3,(H,32,36)/t23-,28-/m0/s1.